The van der Waals surface area contributed by atoms with Crippen LogP contribution >= 0.6 is 0 Å². The van der Waals surface area contributed by atoms with E-state index in [2.05, 4.69) is 15.5 Å². The molecule has 0 unspecified atom stereocenters. The molecule has 1 heterocycles. The SMILES string of the molecule is COc1ccc(C(=O)O)cc1NCc1cc(-c2ccccc2)n[nH]1. The molecule has 3 rings (SSSR count). The lowest BCUT2D eigenvalue weighted by atomic mass is 10.1. The lowest BCUT2D eigenvalue weighted by Gasteiger charge is -2.11. The highest BCUT2D eigenvalue weighted by molar-refractivity contribution is 5.89. The number of methoxy groups -OCH3 is 1. The van der Waals surface area contributed by atoms with Crippen LogP contribution in [0.25, 0.3) is 11.3 Å². The fourth-order valence-corrected chi connectivity index (χ4v) is 2.38. The van der Waals surface area contributed by atoms with Crippen LogP contribution in [0.1, 0.15) is 16.1 Å². The van der Waals surface area contributed by atoms with Crippen LogP contribution in [-0.2, 0) is 6.54 Å². The van der Waals surface area contributed by atoms with E-state index in [1.165, 1.54) is 6.07 Å². The normalized spacial score (nSPS) is 10.4. The minimum Gasteiger partial charge on any atom is -0.495 e. The third kappa shape index (κ3) is 3.38. The van der Waals surface area contributed by atoms with Crippen LogP contribution in [0.2, 0.25) is 0 Å². The van der Waals surface area contributed by atoms with Crippen molar-refractivity contribution in [1.82, 2.24) is 10.2 Å². The number of anilines is 1. The molecule has 6 nitrogen and oxygen atoms in total. The van der Waals surface area contributed by atoms with E-state index in [0.29, 0.717) is 18.0 Å². The number of benzene rings is 2. The Morgan fingerprint density at radius 3 is 2.71 bits per heavy atom. The molecule has 0 radical (unpaired) electrons. The van der Waals surface area contributed by atoms with Gasteiger partial charge in [0.2, 0.25) is 0 Å². The Labute approximate surface area is 139 Å². The predicted molar refractivity (Wildman–Crippen MR) is 91.3 cm³/mol. The van der Waals surface area contributed by atoms with E-state index in [0.717, 1.165) is 17.0 Å². The van der Waals surface area contributed by atoms with Gasteiger partial charge in [-0.2, -0.15) is 5.10 Å². The molecule has 0 fully saturated rings. The van der Waals surface area contributed by atoms with Crippen molar-refractivity contribution < 1.29 is 14.6 Å². The van der Waals surface area contributed by atoms with Gasteiger partial charge < -0.3 is 15.2 Å². The zero-order chi connectivity index (χ0) is 16.9. The van der Waals surface area contributed by atoms with Crippen LogP contribution in [0.15, 0.2) is 54.6 Å². The number of aromatic nitrogens is 2. The van der Waals surface area contributed by atoms with E-state index in [1.807, 2.05) is 36.4 Å². The lowest BCUT2D eigenvalue weighted by Crippen LogP contribution is -2.04. The quantitative estimate of drug-likeness (QED) is 0.647. The lowest BCUT2D eigenvalue weighted by molar-refractivity contribution is 0.0697. The van der Waals surface area contributed by atoms with Crippen LogP contribution < -0.4 is 10.1 Å². The van der Waals surface area contributed by atoms with E-state index >= 15 is 0 Å². The molecule has 0 atom stereocenters. The van der Waals surface area contributed by atoms with Gasteiger partial charge in [0, 0.05) is 5.56 Å². The molecule has 1 aromatic heterocycles. The van der Waals surface area contributed by atoms with Crippen molar-refractivity contribution in [3.05, 3.63) is 65.9 Å². The van der Waals surface area contributed by atoms with Crippen molar-refractivity contribution in [3.8, 4) is 17.0 Å². The average molecular weight is 323 g/mol. The minimum atomic E-state index is -0.978. The van der Waals surface area contributed by atoms with Gasteiger partial charge in [-0.1, -0.05) is 30.3 Å². The second-order valence-corrected chi connectivity index (χ2v) is 5.22. The van der Waals surface area contributed by atoms with Gasteiger partial charge in [-0.05, 0) is 24.3 Å². The molecule has 6 heteroatoms. The predicted octanol–water partition coefficient (Wildman–Crippen LogP) is 3.40. The van der Waals surface area contributed by atoms with Gasteiger partial charge in [0.25, 0.3) is 0 Å². The number of hydrogen-bond acceptors (Lipinski definition) is 4. The molecule has 3 aromatic rings. The molecule has 24 heavy (non-hydrogen) atoms. The van der Waals surface area contributed by atoms with E-state index < -0.39 is 5.97 Å². The second-order valence-electron chi connectivity index (χ2n) is 5.22. The molecular weight excluding hydrogens is 306 g/mol. The van der Waals surface area contributed by atoms with Crippen molar-refractivity contribution in [2.45, 2.75) is 6.54 Å². The van der Waals surface area contributed by atoms with Gasteiger partial charge in [-0.25, -0.2) is 4.79 Å². The van der Waals surface area contributed by atoms with Gasteiger partial charge in [0.05, 0.1) is 36.3 Å². The van der Waals surface area contributed by atoms with Gasteiger partial charge in [0.1, 0.15) is 5.75 Å². The third-order valence-corrected chi connectivity index (χ3v) is 3.62. The van der Waals surface area contributed by atoms with Crippen LogP contribution in [0.3, 0.4) is 0 Å². The number of aromatic amines is 1. The Kier molecular flexibility index (Phi) is 4.47. The summed E-state index contributed by atoms with van der Waals surface area (Å²) in [6.45, 7) is 0.471. The molecule has 0 spiro atoms. The first-order valence-corrected chi connectivity index (χ1v) is 7.42. The van der Waals surface area contributed by atoms with Gasteiger partial charge in [-0.15, -0.1) is 0 Å². The fraction of sp³-hybridized carbons (Fsp3) is 0.111. The largest absolute Gasteiger partial charge is 0.495 e. The Morgan fingerprint density at radius 2 is 2.00 bits per heavy atom. The van der Waals surface area contributed by atoms with Crippen molar-refractivity contribution in [2.24, 2.45) is 0 Å². The number of carboxylic acid groups (broad SMARTS) is 1. The first kappa shape index (κ1) is 15.6. The van der Waals surface area contributed by atoms with Crippen LogP contribution in [-0.4, -0.2) is 28.4 Å². The third-order valence-electron chi connectivity index (χ3n) is 3.62. The molecular formula is C18H17N3O3. The van der Waals surface area contributed by atoms with E-state index in [-0.39, 0.29) is 5.56 Å². The topological polar surface area (TPSA) is 87.2 Å². The molecule has 122 valence electrons. The average Bonchev–Trinajstić information content (AvgIpc) is 3.09. The number of ether oxygens (including phenoxy) is 1. The highest BCUT2D eigenvalue weighted by Gasteiger charge is 2.10. The Hall–Kier alpha value is -3.28. The van der Waals surface area contributed by atoms with Crippen LogP contribution in [0.5, 0.6) is 5.75 Å². The maximum absolute atomic E-state index is 11.1. The highest BCUT2D eigenvalue weighted by atomic mass is 16.5. The van der Waals surface area contributed by atoms with Crippen LogP contribution in [0.4, 0.5) is 5.69 Å². The number of nitrogens with zero attached hydrogens (tertiary/aromatic N) is 1. The number of H-pyrrole nitrogens is 1. The van der Waals surface area contributed by atoms with E-state index in [9.17, 15) is 4.79 Å². The maximum Gasteiger partial charge on any atom is 0.335 e. The molecule has 0 amide bonds. The number of carbonyl (C=O) groups is 1. The van der Waals surface area contributed by atoms with Gasteiger partial charge >= 0.3 is 5.97 Å². The minimum absolute atomic E-state index is 0.202. The van der Waals surface area contributed by atoms with Gasteiger partial charge in [-0.3, -0.25) is 5.10 Å². The standard InChI is InChI=1S/C18H17N3O3/c1-24-17-8-7-13(18(22)23)9-16(17)19-11-14-10-15(21-20-14)12-5-3-2-4-6-12/h2-10,19H,11H2,1H3,(H,20,21)(H,22,23). The van der Waals surface area contributed by atoms with Crippen LogP contribution in [0, 0.1) is 0 Å². The Bertz CT molecular complexity index is 844. The molecule has 2 aromatic carbocycles. The summed E-state index contributed by atoms with van der Waals surface area (Å²) in [6, 6.07) is 16.5. The number of hydrogen-bond donors (Lipinski definition) is 3. The van der Waals surface area contributed by atoms with E-state index in [4.69, 9.17) is 9.84 Å². The summed E-state index contributed by atoms with van der Waals surface area (Å²) in [4.78, 5) is 11.1. The molecule has 0 aliphatic carbocycles. The first-order valence-electron chi connectivity index (χ1n) is 7.42. The number of nitrogens with one attached hydrogen (secondary N) is 2. The molecule has 0 aliphatic rings. The monoisotopic (exact) mass is 323 g/mol. The van der Waals surface area contributed by atoms with Crippen molar-refractivity contribution in [2.75, 3.05) is 12.4 Å². The van der Waals surface area contributed by atoms with E-state index in [1.54, 1.807) is 19.2 Å². The van der Waals surface area contributed by atoms with Crippen molar-refractivity contribution in [1.29, 1.82) is 0 Å². The van der Waals surface area contributed by atoms with Crippen molar-refractivity contribution >= 4 is 11.7 Å². The molecule has 0 saturated heterocycles. The van der Waals surface area contributed by atoms with Crippen molar-refractivity contribution in [3.63, 3.8) is 0 Å². The second kappa shape index (κ2) is 6.87. The summed E-state index contributed by atoms with van der Waals surface area (Å²) in [7, 11) is 1.55. The summed E-state index contributed by atoms with van der Waals surface area (Å²) in [5.74, 6) is -0.392. The smallest absolute Gasteiger partial charge is 0.335 e. The summed E-state index contributed by atoms with van der Waals surface area (Å²) < 4.78 is 5.26. The molecule has 0 bridgehead atoms. The Morgan fingerprint density at radius 1 is 1.21 bits per heavy atom. The fourth-order valence-electron chi connectivity index (χ4n) is 2.38. The summed E-state index contributed by atoms with van der Waals surface area (Å²) in [5.41, 5.74) is 3.60. The number of aromatic carboxylic acids is 1. The zero-order valence-electron chi connectivity index (χ0n) is 13.1. The number of rotatable bonds is 6. The first-order chi connectivity index (χ1) is 11.7. The summed E-state index contributed by atoms with van der Waals surface area (Å²) in [6.07, 6.45) is 0. The summed E-state index contributed by atoms with van der Waals surface area (Å²) >= 11 is 0. The molecule has 0 aliphatic heterocycles. The highest BCUT2D eigenvalue weighted by Crippen LogP contribution is 2.26. The Balaban J connectivity index is 1.75. The maximum atomic E-state index is 11.1. The zero-order valence-corrected chi connectivity index (χ0v) is 13.1. The molecule has 3 N–H and O–H groups in total. The number of carboxylic acids is 1. The summed E-state index contributed by atoms with van der Waals surface area (Å²) in [5, 5.41) is 19.6. The molecule has 0 saturated carbocycles. The van der Waals surface area contributed by atoms with Gasteiger partial charge in [0.15, 0.2) is 0 Å².